The zero-order valence-electron chi connectivity index (χ0n) is 13.7. The van der Waals surface area contributed by atoms with E-state index in [1.165, 1.54) is 7.05 Å². The summed E-state index contributed by atoms with van der Waals surface area (Å²) in [5.74, 6) is -0.0142. The Morgan fingerprint density at radius 3 is 2.41 bits per heavy atom. The van der Waals surface area contributed by atoms with Crippen molar-refractivity contribution in [2.45, 2.75) is 52.1 Å². The highest BCUT2D eigenvalue weighted by molar-refractivity contribution is 6.42. The first-order chi connectivity index (χ1) is 10.4. The molecular weight excluding hydrogens is 321 g/mol. The number of unbranched alkanes of at least 4 members (excludes halogenated alkanes) is 1. The molecule has 0 saturated heterocycles. The Hall–Kier alpha value is -0.970. The molecule has 4 nitrogen and oxygen atoms in total. The van der Waals surface area contributed by atoms with Crippen LogP contribution in [0.1, 0.15) is 40.0 Å². The summed E-state index contributed by atoms with van der Waals surface area (Å²) in [7, 11) is 1.50. The fourth-order valence-electron chi connectivity index (χ4n) is 1.85. The number of hydrogen-bond acceptors (Lipinski definition) is 3. The van der Waals surface area contributed by atoms with Gasteiger partial charge >= 0.3 is 0 Å². The third-order valence-electron chi connectivity index (χ3n) is 3.08. The van der Waals surface area contributed by atoms with Crippen LogP contribution in [0.5, 0.6) is 0 Å². The van der Waals surface area contributed by atoms with Crippen LogP contribution in [0.15, 0.2) is 18.2 Å². The molecule has 0 aliphatic heterocycles. The van der Waals surface area contributed by atoms with E-state index < -0.39 is 0 Å². The maximum atomic E-state index is 12.0. The summed E-state index contributed by atoms with van der Waals surface area (Å²) >= 11 is 11.8. The number of anilines is 1. The van der Waals surface area contributed by atoms with Gasteiger partial charge < -0.3 is 16.4 Å². The van der Waals surface area contributed by atoms with E-state index in [4.69, 9.17) is 23.2 Å². The Morgan fingerprint density at radius 1 is 1.23 bits per heavy atom. The van der Waals surface area contributed by atoms with Crippen LogP contribution < -0.4 is 16.4 Å². The van der Waals surface area contributed by atoms with Gasteiger partial charge in [0.2, 0.25) is 5.91 Å². The number of carbonyl (C=O) groups is 1. The second-order valence-corrected chi connectivity index (χ2v) is 5.86. The number of nitrogens with two attached hydrogens (primary N) is 1. The van der Waals surface area contributed by atoms with Crippen LogP contribution >= 0.6 is 23.2 Å². The molecule has 22 heavy (non-hydrogen) atoms. The molecule has 0 aromatic heterocycles. The normalized spacial score (nSPS) is 12.7. The van der Waals surface area contributed by atoms with Gasteiger partial charge in [-0.15, -0.1) is 0 Å². The highest BCUT2D eigenvalue weighted by Crippen LogP contribution is 2.25. The molecule has 0 saturated carbocycles. The first-order valence-corrected chi connectivity index (χ1v) is 8.29. The topological polar surface area (TPSA) is 67.2 Å². The maximum absolute atomic E-state index is 12.0. The maximum Gasteiger partial charge on any atom is 0.242 e. The van der Waals surface area contributed by atoms with Gasteiger partial charge in [0.15, 0.2) is 0 Å². The second-order valence-electron chi connectivity index (χ2n) is 5.05. The smallest absolute Gasteiger partial charge is 0.242 e. The molecule has 2 atom stereocenters. The quantitative estimate of drug-likeness (QED) is 0.696. The number of halogens is 2. The second kappa shape index (κ2) is 11.6. The average molecular weight is 348 g/mol. The molecule has 0 heterocycles. The van der Waals surface area contributed by atoms with E-state index in [0.717, 1.165) is 24.9 Å². The fraction of sp³-hybridized carbons (Fsp3) is 0.562. The first kappa shape index (κ1) is 21.0. The Kier molecular flexibility index (Phi) is 11.1. The lowest BCUT2D eigenvalue weighted by atomic mass is 10.1. The van der Waals surface area contributed by atoms with Crippen molar-refractivity contribution in [3.8, 4) is 0 Å². The molecule has 0 radical (unpaired) electrons. The lowest BCUT2D eigenvalue weighted by molar-refractivity contribution is -0.122. The highest BCUT2D eigenvalue weighted by atomic mass is 35.5. The van der Waals surface area contributed by atoms with Crippen molar-refractivity contribution in [1.29, 1.82) is 0 Å². The van der Waals surface area contributed by atoms with E-state index >= 15 is 0 Å². The molecule has 1 aromatic carbocycles. The van der Waals surface area contributed by atoms with E-state index in [0.29, 0.717) is 10.0 Å². The number of rotatable bonds is 7. The van der Waals surface area contributed by atoms with Crippen LogP contribution in [-0.4, -0.2) is 25.0 Å². The first-order valence-electron chi connectivity index (χ1n) is 7.53. The number of nitrogens with one attached hydrogen (secondary N) is 2. The van der Waals surface area contributed by atoms with E-state index in [9.17, 15) is 4.79 Å². The van der Waals surface area contributed by atoms with Gasteiger partial charge in [-0.1, -0.05) is 43.0 Å². The lowest BCUT2D eigenvalue weighted by Crippen LogP contribution is -2.42. The fourth-order valence-corrected chi connectivity index (χ4v) is 2.15. The predicted octanol–water partition coefficient (Wildman–Crippen LogP) is 4.06. The number of carbonyl (C=O) groups excluding carboxylic acids is 1. The summed E-state index contributed by atoms with van der Waals surface area (Å²) in [4.78, 5) is 12.0. The van der Waals surface area contributed by atoms with Gasteiger partial charge in [0.05, 0.1) is 10.0 Å². The summed E-state index contributed by atoms with van der Waals surface area (Å²) in [5.41, 5.74) is 5.28. The molecule has 0 bridgehead atoms. The van der Waals surface area contributed by atoms with Crippen molar-refractivity contribution >= 4 is 34.8 Å². The number of amides is 1. The van der Waals surface area contributed by atoms with Gasteiger partial charge in [0.1, 0.15) is 6.04 Å². The molecule has 0 aliphatic rings. The lowest BCUT2D eigenvalue weighted by Gasteiger charge is -2.19. The van der Waals surface area contributed by atoms with Gasteiger partial charge in [-0.25, -0.2) is 0 Å². The zero-order valence-corrected chi connectivity index (χ0v) is 15.3. The van der Waals surface area contributed by atoms with Crippen molar-refractivity contribution in [1.82, 2.24) is 5.32 Å². The Labute approximate surface area is 143 Å². The predicted molar refractivity (Wildman–Crippen MR) is 96.8 cm³/mol. The van der Waals surface area contributed by atoms with E-state index in [1.807, 2.05) is 13.8 Å². The molecule has 126 valence electrons. The summed E-state index contributed by atoms with van der Waals surface area (Å²) in [6.45, 7) is 5.99. The van der Waals surface area contributed by atoms with Crippen LogP contribution in [0.3, 0.4) is 0 Å². The van der Waals surface area contributed by atoms with Crippen molar-refractivity contribution in [2.24, 2.45) is 5.73 Å². The minimum Gasteiger partial charge on any atom is -0.374 e. The van der Waals surface area contributed by atoms with E-state index in [-0.39, 0.29) is 18.0 Å². The third-order valence-corrected chi connectivity index (χ3v) is 3.81. The molecular formula is C16H27Cl2N3O. The largest absolute Gasteiger partial charge is 0.374 e. The average Bonchev–Trinajstić information content (AvgIpc) is 2.50. The SMILES string of the molecule is CCCCC(C)NC(=O)[C@H](C)Nc1ccc(Cl)c(Cl)c1.CN. The van der Waals surface area contributed by atoms with E-state index in [1.54, 1.807) is 18.2 Å². The molecule has 0 fully saturated rings. The molecule has 1 rings (SSSR count). The van der Waals surface area contributed by atoms with Crippen molar-refractivity contribution in [3.63, 3.8) is 0 Å². The van der Waals surface area contributed by atoms with Crippen LogP contribution in [0.25, 0.3) is 0 Å². The van der Waals surface area contributed by atoms with Crippen molar-refractivity contribution in [3.05, 3.63) is 28.2 Å². The highest BCUT2D eigenvalue weighted by Gasteiger charge is 2.15. The molecule has 1 aromatic rings. The third kappa shape index (κ3) is 7.87. The van der Waals surface area contributed by atoms with Gasteiger partial charge in [0, 0.05) is 11.7 Å². The molecule has 0 spiro atoms. The monoisotopic (exact) mass is 347 g/mol. The Balaban J connectivity index is 0.00000211. The molecule has 1 amide bonds. The van der Waals surface area contributed by atoms with Gasteiger partial charge in [-0.05, 0) is 45.5 Å². The standard InChI is InChI=1S/C15H22Cl2N2O.CH5N/c1-4-5-6-10(2)18-15(20)11(3)19-12-7-8-13(16)14(17)9-12;1-2/h7-11,19H,4-6H2,1-3H3,(H,18,20);2H2,1H3/t10?,11-;/m0./s1. The van der Waals surface area contributed by atoms with Crippen molar-refractivity contribution in [2.75, 3.05) is 12.4 Å². The van der Waals surface area contributed by atoms with Crippen LogP contribution in [0, 0.1) is 0 Å². The minimum absolute atomic E-state index is 0.0142. The molecule has 4 N–H and O–H groups in total. The molecule has 0 aliphatic carbocycles. The summed E-state index contributed by atoms with van der Waals surface area (Å²) in [6, 6.07) is 5.10. The number of benzene rings is 1. The summed E-state index contributed by atoms with van der Waals surface area (Å²) in [6.07, 6.45) is 3.26. The summed E-state index contributed by atoms with van der Waals surface area (Å²) < 4.78 is 0. The van der Waals surface area contributed by atoms with E-state index in [2.05, 4.69) is 23.3 Å². The zero-order chi connectivity index (χ0) is 17.1. The molecule has 6 heteroatoms. The van der Waals surface area contributed by atoms with Crippen LogP contribution in [0.2, 0.25) is 10.0 Å². The van der Waals surface area contributed by atoms with Gasteiger partial charge in [-0.3, -0.25) is 4.79 Å². The summed E-state index contributed by atoms with van der Waals surface area (Å²) in [5, 5.41) is 7.09. The minimum atomic E-state index is -0.323. The van der Waals surface area contributed by atoms with Gasteiger partial charge in [0.25, 0.3) is 0 Å². The van der Waals surface area contributed by atoms with Crippen LogP contribution in [0.4, 0.5) is 5.69 Å². The molecule has 1 unspecified atom stereocenters. The van der Waals surface area contributed by atoms with Crippen molar-refractivity contribution < 1.29 is 4.79 Å². The Morgan fingerprint density at radius 2 is 1.86 bits per heavy atom. The van der Waals surface area contributed by atoms with Gasteiger partial charge in [-0.2, -0.15) is 0 Å². The van der Waals surface area contributed by atoms with Crippen LogP contribution in [-0.2, 0) is 4.79 Å². The Bertz CT molecular complexity index is 455. The number of hydrogen-bond donors (Lipinski definition) is 3.